The second kappa shape index (κ2) is 13.1. The predicted molar refractivity (Wildman–Crippen MR) is 102 cm³/mol. The normalized spacial score (nSPS) is 23.4. The van der Waals surface area contributed by atoms with Crippen LogP contribution < -0.4 is 0 Å². The summed E-state index contributed by atoms with van der Waals surface area (Å²) < 4.78 is 0. The minimum Gasteiger partial charge on any atom is -0.358 e. The summed E-state index contributed by atoms with van der Waals surface area (Å²) in [5, 5.41) is 0. The van der Waals surface area contributed by atoms with Gasteiger partial charge in [0.2, 0.25) is 0 Å². The third kappa shape index (κ3) is 7.44. The Balaban J connectivity index is 0. The fourth-order valence-electron chi connectivity index (χ4n) is 4.13. The summed E-state index contributed by atoms with van der Waals surface area (Å²) in [6.07, 6.45) is 11.8. The van der Waals surface area contributed by atoms with E-state index in [9.17, 15) is 0 Å². The van der Waals surface area contributed by atoms with Crippen LogP contribution in [0.1, 0.15) is 82.3 Å². The van der Waals surface area contributed by atoms with Crippen LogP contribution in [-0.2, 0) is 17.1 Å². The molecule has 0 heterocycles. The van der Waals surface area contributed by atoms with Crippen LogP contribution in [0.3, 0.4) is 0 Å². The molecule has 1 heteroatoms. The first-order chi connectivity index (χ1) is 9.70. The Hall–Kier alpha value is -0.261. The standard InChI is InChI=1S/C15H22.C5H10.2CH3.Fe/c1-11-7-4-5-9-14(11)13(3)15-10-6-8-12(15)2;1-2-4-5-3-1;;;/h4-5,7,9,12-13,15H,6,8,10H2,1-3H3;1-5H2;2*1H3;/q;;2*-1;+2. The molecule has 2 aliphatic rings. The van der Waals surface area contributed by atoms with Crippen molar-refractivity contribution in [2.45, 2.75) is 78.1 Å². The van der Waals surface area contributed by atoms with Crippen LogP contribution in [-0.4, -0.2) is 0 Å². The van der Waals surface area contributed by atoms with E-state index in [0.717, 1.165) is 17.8 Å². The molecule has 134 valence electrons. The Morgan fingerprint density at radius 3 is 1.83 bits per heavy atom. The number of aryl methyl sites for hydroxylation is 1. The van der Waals surface area contributed by atoms with E-state index in [-0.39, 0.29) is 31.9 Å². The van der Waals surface area contributed by atoms with Gasteiger partial charge in [0, 0.05) is 0 Å². The van der Waals surface area contributed by atoms with Gasteiger partial charge in [-0.1, -0.05) is 83.1 Å². The van der Waals surface area contributed by atoms with Gasteiger partial charge in [-0.2, -0.15) is 0 Å². The summed E-state index contributed by atoms with van der Waals surface area (Å²) in [6.45, 7) is 7.08. The maximum atomic E-state index is 2.42. The third-order valence-electron chi connectivity index (χ3n) is 5.50. The van der Waals surface area contributed by atoms with E-state index in [1.165, 1.54) is 56.9 Å². The molecule has 0 N–H and O–H groups in total. The van der Waals surface area contributed by atoms with Gasteiger partial charge in [-0.3, -0.25) is 0 Å². The minimum atomic E-state index is 0. The molecule has 3 rings (SSSR count). The van der Waals surface area contributed by atoms with Crippen LogP contribution in [0.4, 0.5) is 0 Å². The fourth-order valence-corrected chi connectivity index (χ4v) is 4.13. The van der Waals surface area contributed by atoms with E-state index in [1.807, 2.05) is 0 Å². The van der Waals surface area contributed by atoms with Crippen LogP contribution in [0, 0.1) is 33.6 Å². The zero-order valence-electron chi connectivity index (χ0n) is 16.1. The first kappa shape index (κ1) is 25.0. The topological polar surface area (TPSA) is 0 Å². The maximum absolute atomic E-state index is 2.42. The van der Waals surface area contributed by atoms with Crippen molar-refractivity contribution in [3.63, 3.8) is 0 Å². The Labute approximate surface area is 157 Å². The van der Waals surface area contributed by atoms with Crippen molar-refractivity contribution >= 4 is 0 Å². The van der Waals surface area contributed by atoms with Crippen molar-refractivity contribution in [2.75, 3.05) is 0 Å². The summed E-state index contributed by atoms with van der Waals surface area (Å²) in [7, 11) is 0. The first-order valence-corrected chi connectivity index (χ1v) is 8.75. The zero-order chi connectivity index (χ0) is 14.4. The molecule has 0 bridgehead atoms. The van der Waals surface area contributed by atoms with Crippen LogP contribution in [0.2, 0.25) is 0 Å². The maximum Gasteiger partial charge on any atom is 2.00 e. The summed E-state index contributed by atoms with van der Waals surface area (Å²) in [6, 6.07) is 8.87. The Kier molecular flexibility index (Phi) is 14.2. The van der Waals surface area contributed by atoms with Crippen molar-refractivity contribution in [2.24, 2.45) is 11.8 Å². The Bertz CT molecular complexity index is 387. The van der Waals surface area contributed by atoms with E-state index in [0.29, 0.717) is 0 Å². The summed E-state index contributed by atoms with van der Waals surface area (Å²) >= 11 is 0. The molecule has 0 radical (unpaired) electrons. The second-order valence-corrected chi connectivity index (χ2v) is 6.99. The molecule has 2 saturated carbocycles. The van der Waals surface area contributed by atoms with E-state index in [4.69, 9.17) is 0 Å². The summed E-state index contributed by atoms with van der Waals surface area (Å²) in [5.41, 5.74) is 3.03. The first-order valence-electron chi connectivity index (χ1n) is 8.75. The van der Waals surface area contributed by atoms with E-state index >= 15 is 0 Å². The number of hydrogen-bond acceptors (Lipinski definition) is 0. The average Bonchev–Trinajstić information content (AvgIpc) is 3.12. The van der Waals surface area contributed by atoms with Gasteiger partial charge in [-0.15, -0.1) is 0 Å². The number of rotatable bonds is 2. The number of benzene rings is 1. The Morgan fingerprint density at radius 2 is 1.39 bits per heavy atom. The molecular formula is C22H38Fe. The van der Waals surface area contributed by atoms with Crippen molar-refractivity contribution in [1.82, 2.24) is 0 Å². The van der Waals surface area contributed by atoms with Gasteiger partial charge in [0.25, 0.3) is 0 Å². The summed E-state index contributed by atoms with van der Waals surface area (Å²) in [5.74, 6) is 2.56. The molecule has 0 spiro atoms. The predicted octanol–water partition coefficient (Wildman–Crippen LogP) is 7.38. The van der Waals surface area contributed by atoms with Gasteiger partial charge >= 0.3 is 17.1 Å². The van der Waals surface area contributed by atoms with E-state index < -0.39 is 0 Å². The zero-order valence-corrected chi connectivity index (χ0v) is 17.2. The molecule has 2 fully saturated rings. The van der Waals surface area contributed by atoms with Crippen LogP contribution in [0.25, 0.3) is 0 Å². The Morgan fingerprint density at radius 1 is 0.870 bits per heavy atom. The van der Waals surface area contributed by atoms with E-state index in [2.05, 4.69) is 45.0 Å². The molecule has 3 atom stereocenters. The molecule has 0 amide bonds. The van der Waals surface area contributed by atoms with Gasteiger partial charge in [0.15, 0.2) is 0 Å². The van der Waals surface area contributed by atoms with Crippen LogP contribution in [0.15, 0.2) is 24.3 Å². The van der Waals surface area contributed by atoms with Crippen molar-refractivity contribution in [3.05, 3.63) is 50.2 Å². The molecule has 0 nitrogen and oxygen atoms in total. The van der Waals surface area contributed by atoms with Gasteiger partial charge in [-0.05, 0) is 42.2 Å². The SMILES string of the molecule is C1CCCC1.Cc1ccccc1C(C)C1CCCC1C.[CH3-].[CH3-].[Fe+2]. The van der Waals surface area contributed by atoms with Crippen molar-refractivity contribution < 1.29 is 17.1 Å². The van der Waals surface area contributed by atoms with Crippen LogP contribution in [0.5, 0.6) is 0 Å². The molecule has 1 aromatic rings. The molecule has 2 aliphatic carbocycles. The smallest absolute Gasteiger partial charge is 0.358 e. The molecule has 1 aromatic carbocycles. The molecule has 0 saturated heterocycles. The molecule has 0 aromatic heterocycles. The number of hydrogen-bond donors (Lipinski definition) is 0. The van der Waals surface area contributed by atoms with Crippen LogP contribution >= 0.6 is 0 Å². The molecule has 23 heavy (non-hydrogen) atoms. The van der Waals surface area contributed by atoms with Crippen molar-refractivity contribution in [1.29, 1.82) is 0 Å². The molecule has 3 unspecified atom stereocenters. The van der Waals surface area contributed by atoms with E-state index in [1.54, 1.807) is 5.56 Å². The molecular weight excluding hydrogens is 320 g/mol. The van der Waals surface area contributed by atoms with Gasteiger partial charge in [0.1, 0.15) is 0 Å². The quantitative estimate of drug-likeness (QED) is 0.382. The average molecular weight is 358 g/mol. The third-order valence-corrected chi connectivity index (χ3v) is 5.50. The monoisotopic (exact) mass is 358 g/mol. The summed E-state index contributed by atoms with van der Waals surface area (Å²) in [4.78, 5) is 0. The van der Waals surface area contributed by atoms with Gasteiger partial charge in [-0.25, -0.2) is 0 Å². The fraction of sp³-hybridized carbons (Fsp3) is 0.636. The minimum absolute atomic E-state index is 0. The molecule has 0 aliphatic heterocycles. The van der Waals surface area contributed by atoms with Gasteiger partial charge in [0.05, 0.1) is 0 Å². The largest absolute Gasteiger partial charge is 2.00 e. The van der Waals surface area contributed by atoms with Gasteiger partial charge < -0.3 is 14.9 Å². The van der Waals surface area contributed by atoms with Crippen molar-refractivity contribution in [3.8, 4) is 0 Å². The second-order valence-electron chi connectivity index (χ2n) is 6.99.